The van der Waals surface area contributed by atoms with Crippen molar-refractivity contribution in [3.63, 3.8) is 0 Å². The van der Waals surface area contributed by atoms with Crippen molar-refractivity contribution in [1.82, 2.24) is 20.1 Å². The number of nitro benzene ring substituents is 1. The first kappa shape index (κ1) is 24.4. The number of rotatable bonds is 8. The molecule has 35 heavy (non-hydrogen) atoms. The standard InChI is InChI=1S/C24H21BrN6O3S/c1-16-5-2-3-6-17(16)15-35-24-29-28-22(30(24)20-9-11-21(12-10-20)31(33)34)14-26-23(32)27-19-8-4-7-18(25)13-19/h2-13H,14-15H2,1H3,(H2,26,27,32). The zero-order chi connectivity index (χ0) is 24.8. The van der Waals surface area contributed by atoms with Gasteiger partial charge in [-0.05, 0) is 48.4 Å². The smallest absolute Gasteiger partial charge is 0.319 e. The Kier molecular flexibility index (Phi) is 7.78. The van der Waals surface area contributed by atoms with Crippen LogP contribution in [0.15, 0.2) is 82.4 Å². The first-order valence-electron chi connectivity index (χ1n) is 10.6. The summed E-state index contributed by atoms with van der Waals surface area (Å²) in [5.74, 6) is 1.17. The number of aromatic nitrogens is 3. The maximum Gasteiger partial charge on any atom is 0.319 e. The summed E-state index contributed by atoms with van der Waals surface area (Å²) >= 11 is 4.88. The summed E-state index contributed by atoms with van der Waals surface area (Å²) in [5, 5.41) is 25.9. The highest BCUT2D eigenvalue weighted by atomic mass is 79.9. The first-order chi connectivity index (χ1) is 16.9. The number of carbonyl (C=O) groups is 1. The van der Waals surface area contributed by atoms with Crippen LogP contribution in [-0.4, -0.2) is 25.7 Å². The molecule has 0 radical (unpaired) electrons. The summed E-state index contributed by atoms with van der Waals surface area (Å²) in [4.78, 5) is 23.1. The maximum absolute atomic E-state index is 12.4. The Morgan fingerprint density at radius 3 is 2.57 bits per heavy atom. The molecule has 0 spiro atoms. The molecule has 0 saturated heterocycles. The number of hydrogen-bond donors (Lipinski definition) is 2. The highest BCUT2D eigenvalue weighted by Gasteiger charge is 2.17. The van der Waals surface area contributed by atoms with Gasteiger partial charge in [-0.15, -0.1) is 10.2 Å². The highest BCUT2D eigenvalue weighted by Crippen LogP contribution is 2.27. The van der Waals surface area contributed by atoms with Crippen molar-refractivity contribution in [3.8, 4) is 5.69 Å². The quantitative estimate of drug-likeness (QED) is 0.161. The Bertz CT molecular complexity index is 1360. The topological polar surface area (TPSA) is 115 Å². The van der Waals surface area contributed by atoms with E-state index in [1.165, 1.54) is 35.0 Å². The third-order valence-corrected chi connectivity index (χ3v) is 6.60. The lowest BCUT2D eigenvalue weighted by Crippen LogP contribution is -2.29. The summed E-state index contributed by atoms with van der Waals surface area (Å²) in [6, 6.07) is 21.1. The second-order valence-corrected chi connectivity index (χ2v) is 9.40. The van der Waals surface area contributed by atoms with Crippen LogP contribution >= 0.6 is 27.7 Å². The molecule has 0 aliphatic carbocycles. The van der Waals surface area contributed by atoms with Gasteiger partial charge in [-0.25, -0.2) is 4.79 Å². The van der Waals surface area contributed by atoms with Crippen LogP contribution in [0.2, 0.25) is 0 Å². The molecule has 1 aromatic heterocycles. The van der Waals surface area contributed by atoms with Crippen LogP contribution in [0.25, 0.3) is 5.69 Å². The normalized spacial score (nSPS) is 10.7. The largest absolute Gasteiger partial charge is 0.331 e. The summed E-state index contributed by atoms with van der Waals surface area (Å²) in [7, 11) is 0. The van der Waals surface area contributed by atoms with Crippen molar-refractivity contribution in [1.29, 1.82) is 0 Å². The lowest BCUT2D eigenvalue weighted by molar-refractivity contribution is -0.384. The van der Waals surface area contributed by atoms with E-state index in [2.05, 4.69) is 55.8 Å². The van der Waals surface area contributed by atoms with Crippen LogP contribution in [0.1, 0.15) is 17.0 Å². The van der Waals surface area contributed by atoms with Gasteiger partial charge in [-0.2, -0.15) is 0 Å². The van der Waals surface area contributed by atoms with Crippen molar-refractivity contribution >= 4 is 45.1 Å². The zero-order valence-corrected chi connectivity index (χ0v) is 21.0. The molecule has 0 fully saturated rings. The molecule has 11 heteroatoms. The van der Waals surface area contributed by atoms with E-state index in [0.29, 0.717) is 28.1 Å². The Hall–Kier alpha value is -3.70. The number of benzene rings is 3. The molecule has 0 saturated carbocycles. The third kappa shape index (κ3) is 6.25. The van der Waals surface area contributed by atoms with E-state index >= 15 is 0 Å². The molecule has 0 bridgehead atoms. The second kappa shape index (κ2) is 11.2. The molecule has 0 aliphatic rings. The van der Waals surface area contributed by atoms with Gasteiger partial charge in [0.05, 0.1) is 11.5 Å². The van der Waals surface area contributed by atoms with Gasteiger partial charge >= 0.3 is 6.03 Å². The highest BCUT2D eigenvalue weighted by molar-refractivity contribution is 9.10. The minimum atomic E-state index is -0.446. The third-order valence-electron chi connectivity index (χ3n) is 5.13. The monoisotopic (exact) mass is 552 g/mol. The predicted octanol–water partition coefficient (Wildman–Crippen LogP) is 5.86. The second-order valence-electron chi connectivity index (χ2n) is 7.54. The number of hydrogen-bond acceptors (Lipinski definition) is 6. The molecule has 4 rings (SSSR count). The Labute approximate surface area is 214 Å². The van der Waals surface area contributed by atoms with Gasteiger partial charge in [-0.1, -0.05) is 58.0 Å². The number of carbonyl (C=O) groups excluding carboxylic acids is 1. The Morgan fingerprint density at radius 2 is 1.86 bits per heavy atom. The van der Waals surface area contributed by atoms with E-state index < -0.39 is 11.0 Å². The fraction of sp³-hybridized carbons (Fsp3) is 0.125. The number of nitro groups is 1. The summed E-state index contributed by atoms with van der Waals surface area (Å²) < 4.78 is 2.65. The minimum absolute atomic E-state index is 0.0102. The van der Waals surface area contributed by atoms with Gasteiger partial charge in [0.1, 0.15) is 0 Å². The van der Waals surface area contributed by atoms with E-state index in [4.69, 9.17) is 0 Å². The van der Waals surface area contributed by atoms with Crippen molar-refractivity contribution in [2.24, 2.45) is 0 Å². The van der Waals surface area contributed by atoms with Gasteiger partial charge in [0.2, 0.25) is 0 Å². The van der Waals surface area contributed by atoms with E-state index in [1.807, 2.05) is 24.3 Å². The van der Waals surface area contributed by atoms with Crippen LogP contribution in [-0.2, 0) is 12.3 Å². The predicted molar refractivity (Wildman–Crippen MR) is 139 cm³/mol. The van der Waals surface area contributed by atoms with Crippen molar-refractivity contribution in [2.45, 2.75) is 24.4 Å². The molecule has 4 aromatic rings. The van der Waals surface area contributed by atoms with Gasteiger partial charge in [0.25, 0.3) is 5.69 Å². The van der Waals surface area contributed by atoms with Crippen LogP contribution in [0.3, 0.4) is 0 Å². The summed E-state index contributed by atoms with van der Waals surface area (Å²) in [6.07, 6.45) is 0. The maximum atomic E-state index is 12.4. The molecule has 178 valence electrons. The molecule has 9 nitrogen and oxygen atoms in total. The lowest BCUT2D eigenvalue weighted by Gasteiger charge is -2.12. The zero-order valence-electron chi connectivity index (χ0n) is 18.6. The molecule has 2 N–H and O–H groups in total. The van der Waals surface area contributed by atoms with Gasteiger partial charge in [-0.3, -0.25) is 14.7 Å². The van der Waals surface area contributed by atoms with Crippen LogP contribution in [0, 0.1) is 17.0 Å². The van der Waals surface area contributed by atoms with E-state index in [1.54, 1.807) is 28.8 Å². The fourth-order valence-corrected chi connectivity index (χ4v) is 4.75. The summed E-state index contributed by atoms with van der Waals surface area (Å²) in [5.41, 5.74) is 3.64. The van der Waals surface area contributed by atoms with Gasteiger partial charge < -0.3 is 10.6 Å². The molecule has 1 heterocycles. The number of nitrogens with one attached hydrogen (secondary N) is 2. The van der Waals surface area contributed by atoms with Crippen LogP contribution in [0.4, 0.5) is 16.2 Å². The first-order valence-corrected chi connectivity index (χ1v) is 12.4. The molecular formula is C24H21BrN6O3S. The van der Waals surface area contributed by atoms with E-state index in [-0.39, 0.29) is 12.2 Å². The fourth-order valence-electron chi connectivity index (χ4n) is 3.31. The molecule has 0 unspecified atom stereocenters. The molecular weight excluding hydrogens is 532 g/mol. The number of nitrogens with zero attached hydrogens (tertiary/aromatic N) is 4. The SMILES string of the molecule is Cc1ccccc1CSc1nnc(CNC(=O)Nc2cccc(Br)c2)n1-c1ccc([N+](=O)[O-])cc1. The number of thioether (sulfide) groups is 1. The molecule has 3 aromatic carbocycles. The number of halogens is 1. The van der Waals surface area contributed by atoms with Crippen LogP contribution in [0.5, 0.6) is 0 Å². The van der Waals surface area contributed by atoms with Gasteiger partial charge in [0.15, 0.2) is 11.0 Å². The average Bonchev–Trinajstić information content (AvgIpc) is 3.25. The Morgan fingerprint density at radius 1 is 1.09 bits per heavy atom. The van der Waals surface area contributed by atoms with Crippen molar-refractivity contribution in [2.75, 3.05) is 5.32 Å². The number of non-ortho nitro benzene ring substituents is 1. The number of amides is 2. The van der Waals surface area contributed by atoms with E-state index in [0.717, 1.165) is 4.47 Å². The number of urea groups is 1. The molecule has 0 aliphatic heterocycles. The number of aryl methyl sites for hydroxylation is 1. The van der Waals surface area contributed by atoms with Crippen molar-refractivity contribution in [3.05, 3.63) is 104 Å². The molecule has 0 atom stereocenters. The van der Waals surface area contributed by atoms with Gasteiger partial charge in [0, 0.05) is 33.7 Å². The summed E-state index contributed by atoms with van der Waals surface area (Å²) in [6.45, 7) is 2.16. The molecule has 2 amide bonds. The number of anilines is 1. The lowest BCUT2D eigenvalue weighted by atomic mass is 10.1. The Balaban J connectivity index is 1.55. The van der Waals surface area contributed by atoms with E-state index in [9.17, 15) is 14.9 Å². The minimum Gasteiger partial charge on any atom is -0.331 e. The van der Waals surface area contributed by atoms with Crippen LogP contribution < -0.4 is 10.6 Å². The average molecular weight is 553 g/mol. The van der Waals surface area contributed by atoms with Crippen molar-refractivity contribution < 1.29 is 9.72 Å².